The maximum absolute atomic E-state index is 5.53. The highest BCUT2D eigenvalue weighted by molar-refractivity contribution is 5.89. The van der Waals surface area contributed by atoms with Crippen LogP contribution in [0.4, 0.5) is 0 Å². The molecule has 1 unspecified atom stereocenters. The molecule has 5 nitrogen and oxygen atoms in total. The van der Waals surface area contributed by atoms with Gasteiger partial charge in [0.25, 0.3) is 0 Å². The van der Waals surface area contributed by atoms with Gasteiger partial charge in [-0.2, -0.15) is 0 Å². The fourth-order valence-electron chi connectivity index (χ4n) is 2.97. The summed E-state index contributed by atoms with van der Waals surface area (Å²) in [7, 11) is 0. The van der Waals surface area contributed by atoms with E-state index in [4.69, 9.17) is 9.47 Å². The van der Waals surface area contributed by atoms with Crippen LogP contribution in [0.5, 0.6) is 11.5 Å². The molecule has 0 aromatic heterocycles. The molecule has 0 amide bonds. The average molecular weight is 346 g/mol. The second kappa shape index (κ2) is 7.55. The number of benzene rings is 2. The van der Waals surface area contributed by atoms with Gasteiger partial charge in [-0.05, 0) is 29.7 Å². The van der Waals surface area contributed by atoms with Crippen LogP contribution in [-0.4, -0.2) is 25.7 Å². The Bertz CT molecular complexity index is 721. The van der Waals surface area contributed by atoms with Crippen LogP contribution in [0.3, 0.4) is 0 Å². The van der Waals surface area contributed by atoms with E-state index >= 15 is 0 Å². The quantitative estimate of drug-likeness (QED) is 0.894. The van der Waals surface area contributed by atoms with E-state index in [0.717, 1.165) is 36.8 Å². The Morgan fingerprint density at radius 3 is 2.67 bits per heavy atom. The third-order valence-corrected chi connectivity index (χ3v) is 4.15. The Morgan fingerprint density at radius 2 is 1.88 bits per heavy atom. The molecule has 2 N–H and O–H groups in total. The summed E-state index contributed by atoms with van der Waals surface area (Å²) >= 11 is 0. The number of nitrogens with zero attached hydrogens (tertiary/aromatic N) is 1. The standard InChI is InChI=1S/C18H19N3O2.ClH/c1-2-4-13(5-3-1)10-15(18-19-8-9-20-21-18)14-6-7-16-17(11-14)23-12-22-16;/h1-7,11,15,20H,8-10,12H2,(H,19,21);1H. The van der Waals surface area contributed by atoms with Gasteiger partial charge in [0.1, 0.15) is 5.84 Å². The summed E-state index contributed by atoms with van der Waals surface area (Å²) in [5, 5.41) is 0. The predicted octanol–water partition coefficient (Wildman–Crippen LogP) is 2.67. The van der Waals surface area contributed by atoms with E-state index in [0.29, 0.717) is 6.79 Å². The van der Waals surface area contributed by atoms with E-state index in [1.54, 1.807) is 0 Å². The van der Waals surface area contributed by atoms with E-state index in [1.807, 2.05) is 12.1 Å². The molecule has 6 heteroatoms. The predicted molar refractivity (Wildman–Crippen MR) is 96.1 cm³/mol. The van der Waals surface area contributed by atoms with Crippen LogP contribution in [0.1, 0.15) is 17.0 Å². The van der Waals surface area contributed by atoms with Crippen molar-refractivity contribution in [2.45, 2.75) is 12.3 Å². The summed E-state index contributed by atoms with van der Waals surface area (Å²) < 4.78 is 10.9. The molecule has 0 radical (unpaired) electrons. The molecule has 0 saturated heterocycles. The largest absolute Gasteiger partial charge is 0.454 e. The molecule has 0 fully saturated rings. The fraction of sp³-hybridized carbons (Fsp3) is 0.278. The normalized spacial score (nSPS) is 16.6. The Balaban J connectivity index is 0.00000169. The number of aliphatic imine (C=N–C) groups is 1. The molecule has 2 heterocycles. The maximum Gasteiger partial charge on any atom is 0.231 e. The van der Waals surface area contributed by atoms with E-state index in [2.05, 4.69) is 52.2 Å². The average Bonchev–Trinajstić information content (AvgIpc) is 3.09. The van der Waals surface area contributed by atoms with E-state index < -0.39 is 0 Å². The number of amidine groups is 1. The molecule has 0 aliphatic carbocycles. The first-order chi connectivity index (χ1) is 11.4. The van der Waals surface area contributed by atoms with Crippen LogP contribution in [-0.2, 0) is 6.42 Å². The van der Waals surface area contributed by atoms with Gasteiger partial charge in [0.2, 0.25) is 6.79 Å². The topological polar surface area (TPSA) is 54.9 Å². The molecular weight excluding hydrogens is 326 g/mol. The molecular formula is C18H20ClN3O2. The van der Waals surface area contributed by atoms with Crippen molar-refractivity contribution in [3.63, 3.8) is 0 Å². The lowest BCUT2D eigenvalue weighted by atomic mass is 9.90. The summed E-state index contributed by atoms with van der Waals surface area (Å²) in [4.78, 5) is 4.67. The fourth-order valence-corrected chi connectivity index (χ4v) is 2.97. The van der Waals surface area contributed by atoms with Crippen LogP contribution in [0.15, 0.2) is 53.5 Å². The van der Waals surface area contributed by atoms with E-state index in [1.165, 1.54) is 11.1 Å². The zero-order valence-electron chi connectivity index (χ0n) is 13.2. The van der Waals surface area contributed by atoms with Crippen molar-refractivity contribution in [3.8, 4) is 11.5 Å². The third kappa shape index (κ3) is 3.47. The Labute approximate surface area is 147 Å². The number of rotatable bonds is 4. The molecule has 2 aromatic carbocycles. The van der Waals surface area contributed by atoms with Crippen molar-refractivity contribution < 1.29 is 9.47 Å². The molecule has 2 aliphatic heterocycles. The zero-order valence-corrected chi connectivity index (χ0v) is 14.0. The van der Waals surface area contributed by atoms with Gasteiger partial charge in [-0.15, -0.1) is 12.4 Å². The SMILES string of the molecule is Cl.c1ccc(CC(C2=NCCNN2)c2ccc3c(c2)OCO3)cc1. The lowest BCUT2D eigenvalue weighted by Crippen LogP contribution is -2.46. The van der Waals surface area contributed by atoms with E-state index in [9.17, 15) is 0 Å². The minimum Gasteiger partial charge on any atom is -0.454 e. The second-order valence-electron chi connectivity index (χ2n) is 5.67. The highest BCUT2D eigenvalue weighted by atomic mass is 35.5. The van der Waals surface area contributed by atoms with Crippen molar-refractivity contribution in [1.82, 2.24) is 10.9 Å². The Kier molecular flexibility index (Phi) is 5.23. The van der Waals surface area contributed by atoms with Crippen LogP contribution in [0.2, 0.25) is 0 Å². The summed E-state index contributed by atoms with van der Waals surface area (Å²) in [6.45, 7) is 1.93. The molecule has 0 bridgehead atoms. The summed E-state index contributed by atoms with van der Waals surface area (Å²) in [5.74, 6) is 2.74. The molecule has 126 valence electrons. The van der Waals surface area contributed by atoms with Gasteiger partial charge in [0.05, 0.1) is 6.54 Å². The number of halogens is 1. The molecule has 4 rings (SSSR count). The molecule has 0 saturated carbocycles. The number of nitrogens with one attached hydrogen (secondary N) is 2. The van der Waals surface area contributed by atoms with Gasteiger partial charge in [-0.25, -0.2) is 5.43 Å². The van der Waals surface area contributed by atoms with Crippen molar-refractivity contribution in [2.24, 2.45) is 4.99 Å². The monoisotopic (exact) mass is 345 g/mol. The minimum absolute atomic E-state index is 0. The summed E-state index contributed by atoms with van der Waals surface area (Å²) in [6, 6.07) is 16.6. The van der Waals surface area contributed by atoms with Crippen molar-refractivity contribution >= 4 is 18.2 Å². The number of ether oxygens (including phenoxy) is 2. The number of hydrogen-bond donors (Lipinski definition) is 2. The van der Waals surface area contributed by atoms with Gasteiger partial charge in [-0.3, -0.25) is 4.99 Å². The van der Waals surface area contributed by atoms with Crippen molar-refractivity contribution in [3.05, 3.63) is 59.7 Å². The Morgan fingerprint density at radius 1 is 1.04 bits per heavy atom. The van der Waals surface area contributed by atoms with Gasteiger partial charge in [0.15, 0.2) is 11.5 Å². The summed E-state index contributed by atoms with van der Waals surface area (Å²) in [5.41, 5.74) is 8.88. The first-order valence-corrected chi connectivity index (χ1v) is 7.87. The first-order valence-electron chi connectivity index (χ1n) is 7.87. The zero-order chi connectivity index (χ0) is 15.5. The molecule has 2 aliphatic rings. The minimum atomic E-state index is 0. The Hall–Kier alpha value is -2.24. The summed E-state index contributed by atoms with van der Waals surface area (Å²) in [6.07, 6.45) is 0.883. The van der Waals surface area contributed by atoms with Crippen LogP contribution < -0.4 is 20.3 Å². The van der Waals surface area contributed by atoms with Gasteiger partial charge in [-0.1, -0.05) is 36.4 Å². The second-order valence-corrected chi connectivity index (χ2v) is 5.67. The highest BCUT2D eigenvalue weighted by Crippen LogP contribution is 2.35. The molecule has 0 spiro atoms. The van der Waals surface area contributed by atoms with Gasteiger partial charge in [0, 0.05) is 12.5 Å². The molecule has 1 atom stereocenters. The van der Waals surface area contributed by atoms with Crippen LogP contribution >= 0.6 is 12.4 Å². The van der Waals surface area contributed by atoms with E-state index in [-0.39, 0.29) is 18.3 Å². The molecule has 2 aromatic rings. The number of fused-ring (bicyclic) bond motifs is 1. The highest BCUT2D eigenvalue weighted by Gasteiger charge is 2.23. The van der Waals surface area contributed by atoms with Crippen LogP contribution in [0, 0.1) is 0 Å². The number of hydrazine groups is 1. The lowest BCUT2D eigenvalue weighted by molar-refractivity contribution is 0.174. The first kappa shape index (κ1) is 16.6. The van der Waals surface area contributed by atoms with Gasteiger partial charge < -0.3 is 14.9 Å². The smallest absolute Gasteiger partial charge is 0.231 e. The molecule has 24 heavy (non-hydrogen) atoms. The van der Waals surface area contributed by atoms with Crippen LogP contribution in [0.25, 0.3) is 0 Å². The maximum atomic E-state index is 5.53. The third-order valence-electron chi connectivity index (χ3n) is 4.15. The lowest BCUT2D eigenvalue weighted by Gasteiger charge is -2.24. The number of hydrogen-bond acceptors (Lipinski definition) is 5. The van der Waals surface area contributed by atoms with Crippen molar-refractivity contribution in [2.75, 3.05) is 19.9 Å². The van der Waals surface area contributed by atoms with Gasteiger partial charge >= 0.3 is 0 Å². The van der Waals surface area contributed by atoms with Crippen molar-refractivity contribution in [1.29, 1.82) is 0 Å².